The molecule has 0 bridgehead atoms. The van der Waals surface area contributed by atoms with Crippen LogP contribution in [0.3, 0.4) is 0 Å². The first-order chi connectivity index (χ1) is 10.9. The zero-order valence-corrected chi connectivity index (χ0v) is 14.4. The van der Waals surface area contributed by atoms with Crippen molar-refractivity contribution in [3.63, 3.8) is 0 Å². The van der Waals surface area contributed by atoms with Gasteiger partial charge in [0.15, 0.2) is 14.8 Å². The fraction of sp³-hybridized carbons (Fsp3) is 0.0625. The van der Waals surface area contributed by atoms with Gasteiger partial charge in [0.1, 0.15) is 0 Å². The molecule has 23 heavy (non-hydrogen) atoms. The maximum absolute atomic E-state index is 11.7. The van der Waals surface area contributed by atoms with Gasteiger partial charge in [0, 0.05) is 23.0 Å². The number of hydrogen-bond acceptors (Lipinski definition) is 4. The average molecular weight is 363 g/mol. The molecule has 0 aliphatic carbocycles. The van der Waals surface area contributed by atoms with Crippen molar-refractivity contribution in [3.8, 4) is 11.3 Å². The molecule has 2 aromatic carbocycles. The molecule has 4 nitrogen and oxygen atoms in total. The Labute approximate surface area is 141 Å². The number of aromatic nitrogens is 2. The monoisotopic (exact) mass is 362 g/mol. The van der Waals surface area contributed by atoms with Crippen LogP contribution in [0.15, 0.2) is 53.6 Å². The summed E-state index contributed by atoms with van der Waals surface area (Å²) in [5.74, 6) is 0. The summed E-state index contributed by atoms with van der Waals surface area (Å²) in [5.41, 5.74) is 2.80. The molecule has 0 atom stereocenters. The van der Waals surface area contributed by atoms with Gasteiger partial charge in [0.25, 0.3) is 0 Å². The minimum absolute atomic E-state index is 0.326. The van der Waals surface area contributed by atoms with Crippen LogP contribution in [0.5, 0.6) is 0 Å². The lowest BCUT2D eigenvalue weighted by Gasteiger charge is -1.98. The van der Waals surface area contributed by atoms with Gasteiger partial charge in [-0.1, -0.05) is 35.1 Å². The number of benzene rings is 2. The van der Waals surface area contributed by atoms with Crippen LogP contribution in [-0.4, -0.2) is 24.1 Å². The Morgan fingerprint density at radius 2 is 1.87 bits per heavy atom. The molecule has 0 spiro atoms. The number of halogens is 1. The molecule has 0 saturated carbocycles. The predicted octanol–water partition coefficient (Wildman–Crippen LogP) is 4.27. The second kappa shape index (κ2) is 5.06. The summed E-state index contributed by atoms with van der Waals surface area (Å²) in [7, 11) is -3.21. The summed E-state index contributed by atoms with van der Waals surface area (Å²) in [5, 5.41) is 0.688. The molecule has 0 radical (unpaired) electrons. The number of imidazole rings is 1. The third-order valence-corrected chi connectivity index (χ3v) is 6.01. The van der Waals surface area contributed by atoms with Gasteiger partial charge >= 0.3 is 0 Å². The van der Waals surface area contributed by atoms with Crippen LogP contribution in [0.4, 0.5) is 0 Å². The van der Waals surface area contributed by atoms with Crippen molar-refractivity contribution in [1.29, 1.82) is 0 Å². The van der Waals surface area contributed by atoms with Crippen molar-refractivity contribution in [3.05, 3.63) is 53.7 Å². The van der Waals surface area contributed by atoms with Gasteiger partial charge in [-0.2, -0.15) is 0 Å². The van der Waals surface area contributed by atoms with Crippen molar-refractivity contribution in [2.75, 3.05) is 6.26 Å². The topological polar surface area (TPSA) is 51.4 Å². The maximum Gasteiger partial charge on any atom is 0.195 e. The fourth-order valence-corrected chi connectivity index (χ4v) is 4.37. The first-order valence-corrected chi connectivity index (χ1v) is 9.88. The second-order valence-corrected chi connectivity index (χ2v) is 8.75. The highest BCUT2D eigenvalue weighted by molar-refractivity contribution is 7.90. The average Bonchev–Trinajstić information content (AvgIpc) is 3.04. The van der Waals surface area contributed by atoms with Crippen molar-refractivity contribution in [1.82, 2.24) is 9.38 Å². The van der Waals surface area contributed by atoms with Crippen molar-refractivity contribution >= 4 is 48.0 Å². The number of rotatable bonds is 2. The third kappa shape index (κ3) is 2.52. The Kier molecular flexibility index (Phi) is 3.23. The van der Waals surface area contributed by atoms with Crippen LogP contribution >= 0.6 is 22.9 Å². The van der Waals surface area contributed by atoms with Crippen molar-refractivity contribution in [2.24, 2.45) is 0 Å². The van der Waals surface area contributed by atoms with Gasteiger partial charge in [0.2, 0.25) is 0 Å². The van der Waals surface area contributed by atoms with Gasteiger partial charge in [0.05, 0.1) is 20.8 Å². The molecule has 2 aromatic heterocycles. The smallest absolute Gasteiger partial charge is 0.195 e. The first-order valence-electron chi connectivity index (χ1n) is 6.79. The maximum atomic E-state index is 11.7. The third-order valence-electron chi connectivity index (χ3n) is 3.63. The normalized spacial score (nSPS) is 12.3. The van der Waals surface area contributed by atoms with Crippen LogP contribution in [0.25, 0.3) is 26.4 Å². The summed E-state index contributed by atoms with van der Waals surface area (Å²) in [6.07, 6.45) is 3.17. The Morgan fingerprint density at radius 1 is 1.13 bits per heavy atom. The van der Waals surface area contributed by atoms with Crippen molar-refractivity contribution < 1.29 is 8.42 Å². The van der Waals surface area contributed by atoms with E-state index in [1.54, 1.807) is 12.1 Å². The van der Waals surface area contributed by atoms with Gasteiger partial charge in [-0.3, -0.25) is 4.40 Å². The van der Waals surface area contributed by atoms with Gasteiger partial charge in [-0.25, -0.2) is 13.4 Å². The Morgan fingerprint density at radius 3 is 2.57 bits per heavy atom. The minimum atomic E-state index is -3.21. The molecule has 2 heterocycles. The largest absolute Gasteiger partial charge is 0.290 e. The highest BCUT2D eigenvalue weighted by Crippen LogP contribution is 2.31. The molecule has 0 fully saturated rings. The van der Waals surface area contributed by atoms with E-state index in [1.165, 1.54) is 17.6 Å². The molecule has 116 valence electrons. The van der Waals surface area contributed by atoms with Crippen LogP contribution in [0.1, 0.15) is 0 Å². The van der Waals surface area contributed by atoms with Gasteiger partial charge in [-0.05, 0) is 30.3 Å². The van der Waals surface area contributed by atoms with E-state index in [2.05, 4.69) is 4.98 Å². The summed E-state index contributed by atoms with van der Waals surface area (Å²) in [4.78, 5) is 5.79. The highest BCUT2D eigenvalue weighted by Gasteiger charge is 2.13. The van der Waals surface area contributed by atoms with Gasteiger partial charge < -0.3 is 0 Å². The molecular formula is C16H11ClN2O2S2. The highest BCUT2D eigenvalue weighted by atomic mass is 35.5. The number of hydrogen-bond donors (Lipinski definition) is 0. The number of sulfone groups is 1. The molecular weight excluding hydrogens is 352 g/mol. The minimum Gasteiger partial charge on any atom is -0.290 e. The van der Waals surface area contributed by atoms with E-state index in [-0.39, 0.29) is 0 Å². The summed E-state index contributed by atoms with van der Waals surface area (Å²) >= 11 is 7.39. The van der Waals surface area contributed by atoms with Crippen LogP contribution in [0, 0.1) is 0 Å². The van der Waals surface area contributed by atoms with E-state index in [0.29, 0.717) is 9.92 Å². The molecule has 4 aromatic rings. The number of thiazole rings is 1. The van der Waals surface area contributed by atoms with E-state index >= 15 is 0 Å². The zero-order chi connectivity index (χ0) is 16.2. The van der Waals surface area contributed by atoms with E-state index in [1.807, 2.05) is 40.9 Å². The van der Waals surface area contributed by atoms with Crippen molar-refractivity contribution in [2.45, 2.75) is 4.90 Å². The van der Waals surface area contributed by atoms with Crippen LogP contribution in [-0.2, 0) is 9.84 Å². The van der Waals surface area contributed by atoms with Crippen LogP contribution < -0.4 is 0 Å². The molecule has 0 aliphatic heterocycles. The fourth-order valence-electron chi connectivity index (χ4n) is 2.47. The Hall–Kier alpha value is -1.89. The molecule has 0 N–H and O–H groups in total. The molecule has 4 rings (SSSR count). The molecule has 0 amide bonds. The number of fused-ring (bicyclic) bond motifs is 3. The van der Waals surface area contributed by atoms with E-state index in [9.17, 15) is 8.42 Å². The van der Waals surface area contributed by atoms with Crippen LogP contribution in [0.2, 0.25) is 5.02 Å². The van der Waals surface area contributed by atoms with E-state index < -0.39 is 9.84 Å². The number of nitrogens with zero attached hydrogens (tertiary/aromatic N) is 2. The Bertz CT molecular complexity index is 1140. The molecule has 0 aliphatic rings. The lowest BCUT2D eigenvalue weighted by molar-refractivity contribution is 0.602. The lowest BCUT2D eigenvalue weighted by Crippen LogP contribution is -1.96. The summed E-state index contributed by atoms with van der Waals surface area (Å²) < 4.78 is 26.2. The first kappa shape index (κ1) is 14.7. The zero-order valence-electron chi connectivity index (χ0n) is 12.0. The molecule has 7 heteroatoms. The predicted molar refractivity (Wildman–Crippen MR) is 94.1 cm³/mol. The van der Waals surface area contributed by atoms with Gasteiger partial charge in [-0.15, -0.1) is 0 Å². The molecule has 0 saturated heterocycles. The quantitative estimate of drug-likeness (QED) is 0.535. The second-order valence-electron chi connectivity index (χ2n) is 5.29. The van der Waals surface area contributed by atoms with E-state index in [4.69, 9.17) is 11.6 Å². The Balaban J connectivity index is 1.89. The standard InChI is InChI=1S/C16H11ClN2O2S2/c1-23(20,21)12-6-7-14-15(8-12)22-16-18-13(9-19(14)16)10-2-4-11(17)5-3-10/h2-9H,1H3. The summed E-state index contributed by atoms with van der Waals surface area (Å²) in [6.45, 7) is 0. The molecule has 0 unspecified atom stereocenters. The SMILES string of the molecule is CS(=O)(=O)c1ccc2c(c1)sc1nc(-c3ccc(Cl)cc3)cn12. The lowest BCUT2D eigenvalue weighted by atomic mass is 10.2. The summed E-state index contributed by atoms with van der Waals surface area (Å²) in [6, 6.07) is 12.7. The van der Waals surface area contributed by atoms with E-state index in [0.717, 1.165) is 26.4 Å².